The van der Waals surface area contributed by atoms with E-state index in [0.29, 0.717) is 53.5 Å². The molecule has 0 N–H and O–H groups in total. The molecule has 0 aliphatic carbocycles. The van der Waals surface area contributed by atoms with E-state index in [1.807, 2.05) is 0 Å². The van der Waals surface area contributed by atoms with Gasteiger partial charge in [-0.2, -0.15) is 0 Å². The maximum absolute atomic E-state index is 13.8. The van der Waals surface area contributed by atoms with Gasteiger partial charge < -0.3 is 13.9 Å². The maximum Gasteiger partial charge on any atom is 0.338 e. The molecule has 40 heavy (non-hydrogen) atoms. The van der Waals surface area contributed by atoms with Crippen LogP contribution in [0.3, 0.4) is 0 Å². The minimum absolute atomic E-state index is 0.163. The first kappa shape index (κ1) is 27.6. The number of ether oxygens (including phenoxy) is 2. The molecule has 1 aliphatic rings. The zero-order chi connectivity index (χ0) is 28.6. The van der Waals surface area contributed by atoms with Gasteiger partial charge in [0.05, 0.1) is 33.5 Å². The van der Waals surface area contributed by atoms with Crippen molar-refractivity contribution < 1.29 is 23.5 Å². The largest absolute Gasteiger partial charge is 0.463 e. The zero-order valence-corrected chi connectivity index (χ0v) is 23.9. The fraction of sp³-hybridized carbons (Fsp3) is 0.172. The third-order valence-electron chi connectivity index (χ3n) is 6.07. The van der Waals surface area contributed by atoms with E-state index in [2.05, 4.69) is 4.99 Å². The van der Waals surface area contributed by atoms with E-state index in [1.54, 1.807) is 74.5 Å². The van der Waals surface area contributed by atoms with Crippen LogP contribution in [0.2, 0.25) is 10.0 Å². The predicted molar refractivity (Wildman–Crippen MR) is 152 cm³/mol. The summed E-state index contributed by atoms with van der Waals surface area (Å²) >= 11 is 13.5. The maximum atomic E-state index is 13.8. The summed E-state index contributed by atoms with van der Waals surface area (Å²) in [6, 6.07) is 14.4. The van der Waals surface area contributed by atoms with Crippen molar-refractivity contribution in [2.75, 3.05) is 6.61 Å². The van der Waals surface area contributed by atoms with Crippen LogP contribution in [0, 0.1) is 0 Å². The van der Waals surface area contributed by atoms with Gasteiger partial charge >= 0.3 is 11.9 Å². The van der Waals surface area contributed by atoms with Gasteiger partial charge in [0.2, 0.25) is 0 Å². The number of hydrogen-bond acceptors (Lipinski definition) is 8. The smallest absolute Gasteiger partial charge is 0.338 e. The second-order valence-corrected chi connectivity index (χ2v) is 10.6. The van der Waals surface area contributed by atoms with E-state index in [0.717, 1.165) is 0 Å². The van der Waals surface area contributed by atoms with Crippen molar-refractivity contribution in [1.82, 2.24) is 4.57 Å². The minimum Gasteiger partial charge on any atom is -0.463 e. The molecule has 11 heteroatoms. The summed E-state index contributed by atoms with van der Waals surface area (Å²) in [5.41, 5.74) is 1.63. The Labute approximate surface area is 242 Å². The van der Waals surface area contributed by atoms with E-state index < -0.39 is 18.0 Å². The molecule has 0 saturated carbocycles. The van der Waals surface area contributed by atoms with Gasteiger partial charge in [0.25, 0.3) is 5.56 Å². The van der Waals surface area contributed by atoms with Crippen LogP contribution < -0.4 is 19.6 Å². The number of furan rings is 1. The third kappa shape index (κ3) is 5.40. The quantitative estimate of drug-likeness (QED) is 0.221. The highest BCUT2D eigenvalue weighted by Crippen LogP contribution is 2.33. The van der Waals surface area contributed by atoms with Gasteiger partial charge in [-0.05, 0) is 61.9 Å². The molecule has 0 unspecified atom stereocenters. The predicted octanol–water partition coefficient (Wildman–Crippen LogP) is 5.29. The van der Waals surface area contributed by atoms with Crippen molar-refractivity contribution >= 4 is 52.6 Å². The summed E-state index contributed by atoms with van der Waals surface area (Å²) in [6.45, 7) is 4.89. The lowest BCUT2D eigenvalue weighted by Crippen LogP contribution is -2.39. The van der Waals surface area contributed by atoms with Crippen LogP contribution in [0.1, 0.15) is 38.1 Å². The second-order valence-electron chi connectivity index (χ2n) is 8.79. The number of carbonyl (C=O) groups excluding carboxylic acids is 2. The summed E-state index contributed by atoms with van der Waals surface area (Å²) in [5.74, 6) is 0.281. The van der Waals surface area contributed by atoms with Crippen molar-refractivity contribution in [3.05, 3.63) is 107 Å². The van der Waals surface area contributed by atoms with Crippen LogP contribution in [0.15, 0.2) is 80.1 Å². The normalized spacial score (nSPS) is 15.0. The Hall–Kier alpha value is -3.92. The number of carbonyl (C=O) groups is 2. The molecule has 0 amide bonds. The van der Waals surface area contributed by atoms with E-state index in [9.17, 15) is 14.4 Å². The molecule has 0 radical (unpaired) electrons. The molecule has 4 aromatic rings. The third-order valence-corrected chi connectivity index (χ3v) is 7.60. The monoisotopic (exact) mass is 596 g/mol. The fourth-order valence-electron chi connectivity index (χ4n) is 4.38. The van der Waals surface area contributed by atoms with Crippen molar-refractivity contribution in [2.45, 2.75) is 26.8 Å². The van der Waals surface area contributed by atoms with Gasteiger partial charge in [0, 0.05) is 23.6 Å². The first-order valence-electron chi connectivity index (χ1n) is 12.2. The molecule has 0 saturated heterocycles. The van der Waals surface area contributed by atoms with Crippen molar-refractivity contribution in [2.24, 2.45) is 4.99 Å². The zero-order valence-electron chi connectivity index (χ0n) is 21.6. The van der Waals surface area contributed by atoms with Gasteiger partial charge in [-0.25, -0.2) is 9.79 Å². The summed E-state index contributed by atoms with van der Waals surface area (Å²) in [7, 11) is 0. The number of allylic oxidation sites excluding steroid dienone is 1. The Kier molecular flexibility index (Phi) is 7.80. The van der Waals surface area contributed by atoms with Gasteiger partial charge in [-0.3, -0.25) is 14.2 Å². The second kappa shape index (κ2) is 11.3. The van der Waals surface area contributed by atoms with Crippen LogP contribution in [0.5, 0.6) is 5.75 Å². The Balaban J connectivity index is 1.61. The van der Waals surface area contributed by atoms with Crippen molar-refractivity contribution in [3.8, 4) is 17.1 Å². The van der Waals surface area contributed by atoms with Crippen LogP contribution in [0.4, 0.5) is 0 Å². The molecule has 1 atom stereocenters. The molecule has 3 heterocycles. The molecule has 0 bridgehead atoms. The lowest BCUT2D eigenvalue weighted by atomic mass is 9.96. The Morgan fingerprint density at radius 1 is 1.12 bits per heavy atom. The summed E-state index contributed by atoms with van der Waals surface area (Å²) < 4.78 is 18.3. The summed E-state index contributed by atoms with van der Waals surface area (Å²) in [5, 5.41) is 0.948. The lowest BCUT2D eigenvalue weighted by molar-refractivity contribution is -0.139. The van der Waals surface area contributed by atoms with E-state index in [1.165, 1.54) is 22.8 Å². The molecule has 204 valence electrons. The summed E-state index contributed by atoms with van der Waals surface area (Å²) in [4.78, 5) is 43.2. The van der Waals surface area contributed by atoms with Crippen LogP contribution in [-0.2, 0) is 14.3 Å². The van der Waals surface area contributed by atoms with Crippen molar-refractivity contribution in [1.29, 1.82) is 0 Å². The van der Waals surface area contributed by atoms with Crippen LogP contribution >= 0.6 is 34.5 Å². The summed E-state index contributed by atoms with van der Waals surface area (Å²) in [6.07, 6.45) is 1.63. The highest BCUT2D eigenvalue weighted by Gasteiger charge is 2.33. The molecule has 2 aromatic heterocycles. The average Bonchev–Trinajstić information content (AvgIpc) is 3.47. The number of thiazole rings is 1. The number of esters is 2. The molecule has 2 aromatic carbocycles. The standard InChI is InChI=1S/C29H22Cl2N2O6S/c1-4-37-28(36)25-15(2)32-29-33(26(25)17-5-8-19(9-6-17)38-16(3)34)27(35)24(40-29)14-20-10-12-23(39-20)21-11-7-18(30)13-22(21)31/h5-14,26H,4H2,1-3H3/b24-14-/t26-/m1/s1. The number of rotatable bonds is 6. The van der Waals surface area contributed by atoms with Crippen molar-refractivity contribution in [3.63, 3.8) is 0 Å². The number of hydrogen-bond donors (Lipinski definition) is 0. The average molecular weight is 597 g/mol. The number of fused-ring (bicyclic) bond motifs is 1. The first-order valence-corrected chi connectivity index (χ1v) is 13.8. The molecule has 5 rings (SSSR count). The SMILES string of the molecule is CCOC(=O)C1=C(C)N=c2s/c(=C\c3ccc(-c4ccc(Cl)cc4Cl)o3)c(=O)n2[C@@H]1c1ccc(OC(C)=O)cc1. The van der Waals surface area contributed by atoms with Gasteiger partial charge in [-0.15, -0.1) is 0 Å². The van der Waals surface area contributed by atoms with E-state index in [4.69, 9.17) is 37.1 Å². The highest BCUT2D eigenvalue weighted by molar-refractivity contribution is 7.07. The number of nitrogens with zero attached hydrogens (tertiary/aromatic N) is 2. The number of halogens is 2. The fourth-order valence-corrected chi connectivity index (χ4v) is 5.91. The van der Waals surface area contributed by atoms with Gasteiger partial charge in [-0.1, -0.05) is 46.7 Å². The number of aromatic nitrogens is 1. The Morgan fingerprint density at radius 2 is 1.88 bits per heavy atom. The van der Waals surface area contributed by atoms with Gasteiger partial charge in [0.1, 0.15) is 17.3 Å². The molecule has 0 spiro atoms. The lowest BCUT2D eigenvalue weighted by Gasteiger charge is -2.24. The Bertz CT molecular complexity index is 1850. The van der Waals surface area contributed by atoms with E-state index in [-0.39, 0.29) is 17.7 Å². The van der Waals surface area contributed by atoms with E-state index >= 15 is 0 Å². The molecule has 1 aliphatic heterocycles. The number of benzene rings is 2. The van der Waals surface area contributed by atoms with Crippen LogP contribution in [0.25, 0.3) is 17.4 Å². The molecule has 8 nitrogen and oxygen atoms in total. The molecular weight excluding hydrogens is 575 g/mol. The molecular formula is C29H22Cl2N2O6S. The highest BCUT2D eigenvalue weighted by atomic mass is 35.5. The van der Waals surface area contributed by atoms with Gasteiger partial charge in [0.15, 0.2) is 4.80 Å². The topological polar surface area (TPSA) is 100 Å². The Morgan fingerprint density at radius 3 is 2.55 bits per heavy atom. The molecule has 0 fully saturated rings. The van der Waals surface area contributed by atoms with Crippen LogP contribution in [-0.4, -0.2) is 23.1 Å². The first-order chi connectivity index (χ1) is 19.2. The minimum atomic E-state index is -0.802.